The first-order chi connectivity index (χ1) is 12.3. The van der Waals surface area contributed by atoms with Crippen molar-refractivity contribution < 1.29 is 4.79 Å². The summed E-state index contributed by atoms with van der Waals surface area (Å²) in [6.45, 7) is 3.11. The van der Waals surface area contributed by atoms with Crippen LogP contribution in [0.3, 0.4) is 0 Å². The second kappa shape index (κ2) is 8.11. The molecule has 1 aliphatic rings. The third kappa shape index (κ3) is 4.44. The molecule has 2 aromatic rings. The number of benzene rings is 1. The highest BCUT2D eigenvalue weighted by Gasteiger charge is 2.13. The van der Waals surface area contributed by atoms with Gasteiger partial charge in [0.05, 0.1) is 23.5 Å². The fourth-order valence-electron chi connectivity index (χ4n) is 2.79. The van der Waals surface area contributed by atoms with Crippen molar-refractivity contribution in [1.82, 2.24) is 15.5 Å². The lowest BCUT2D eigenvalue weighted by atomic mass is 10.1. The van der Waals surface area contributed by atoms with Gasteiger partial charge in [-0.3, -0.25) is 4.79 Å². The van der Waals surface area contributed by atoms with Gasteiger partial charge < -0.3 is 15.5 Å². The van der Waals surface area contributed by atoms with Crippen LogP contribution in [-0.4, -0.2) is 42.3 Å². The maximum atomic E-state index is 12.1. The third-order valence-corrected chi connectivity index (χ3v) is 4.08. The lowest BCUT2D eigenvalue weighted by molar-refractivity contribution is 0.0955. The van der Waals surface area contributed by atoms with Crippen molar-refractivity contribution in [1.29, 1.82) is 5.26 Å². The largest absolute Gasteiger partial charge is 0.370 e. The molecular weight excluding hydrogens is 316 g/mol. The maximum Gasteiger partial charge on any atom is 0.251 e. The van der Waals surface area contributed by atoms with Gasteiger partial charge in [0.1, 0.15) is 0 Å². The van der Waals surface area contributed by atoms with Crippen molar-refractivity contribution in [2.24, 2.45) is 0 Å². The van der Waals surface area contributed by atoms with Gasteiger partial charge in [0.2, 0.25) is 0 Å². The number of anilines is 2. The molecule has 1 aliphatic heterocycles. The smallest absolute Gasteiger partial charge is 0.251 e. The molecule has 1 amide bonds. The van der Waals surface area contributed by atoms with Crippen LogP contribution in [0.25, 0.3) is 0 Å². The molecule has 0 bridgehead atoms. The Bertz CT molecular complexity index is 779. The fourth-order valence-corrected chi connectivity index (χ4v) is 2.79. The standard InChI is InChI=1S/C18H20N6O/c19-12-14-4-3-5-15(10-14)18(25)21-7-6-20-17-11-16(13-22-23-17)24-8-1-2-9-24/h3-5,10-11,13H,1-2,6-9H2,(H,20,23)(H,21,25). The van der Waals surface area contributed by atoms with Crippen LogP contribution in [0.2, 0.25) is 0 Å². The number of carbonyl (C=O) groups is 1. The summed E-state index contributed by atoms with van der Waals surface area (Å²) in [5, 5.41) is 23.0. The molecule has 0 saturated carbocycles. The highest BCUT2D eigenvalue weighted by atomic mass is 16.1. The number of amides is 1. The second-order valence-corrected chi connectivity index (χ2v) is 5.87. The Balaban J connectivity index is 1.47. The first-order valence-corrected chi connectivity index (χ1v) is 8.36. The summed E-state index contributed by atoms with van der Waals surface area (Å²) in [6, 6.07) is 10.6. The highest BCUT2D eigenvalue weighted by molar-refractivity contribution is 5.94. The van der Waals surface area contributed by atoms with E-state index < -0.39 is 0 Å². The van der Waals surface area contributed by atoms with Crippen LogP contribution >= 0.6 is 0 Å². The van der Waals surface area contributed by atoms with Crippen molar-refractivity contribution in [2.75, 3.05) is 36.4 Å². The van der Waals surface area contributed by atoms with E-state index in [1.54, 1.807) is 30.5 Å². The van der Waals surface area contributed by atoms with E-state index in [2.05, 4.69) is 25.7 Å². The lowest BCUT2D eigenvalue weighted by Crippen LogP contribution is -2.29. The predicted octanol–water partition coefficient (Wildman–Crippen LogP) is 1.79. The molecule has 1 aromatic carbocycles. The van der Waals surface area contributed by atoms with E-state index in [9.17, 15) is 4.79 Å². The van der Waals surface area contributed by atoms with E-state index in [1.807, 2.05) is 12.1 Å². The first-order valence-electron chi connectivity index (χ1n) is 8.36. The van der Waals surface area contributed by atoms with E-state index in [0.29, 0.717) is 30.0 Å². The zero-order valence-electron chi connectivity index (χ0n) is 13.9. The topological polar surface area (TPSA) is 93.9 Å². The summed E-state index contributed by atoms with van der Waals surface area (Å²) >= 11 is 0. The van der Waals surface area contributed by atoms with E-state index in [1.165, 1.54) is 12.8 Å². The van der Waals surface area contributed by atoms with Crippen molar-refractivity contribution in [3.05, 3.63) is 47.7 Å². The molecule has 2 heterocycles. The SMILES string of the molecule is N#Cc1cccc(C(=O)NCCNc2cc(N3CCCC3)cnn2)c1. The van der Waals surface area contributed by atoms with Crippen LogP contribution in [0.4, 0.5) is 11.5 Å². The van der Waals surface area contributed by atoms with E-state index in [0.717, 1.165) is 18.8 Å². The lowest BCUT2D eigenvalue weighted by Gasteiger charge is -2.17. The molecule has 2 N–H and O–H groups in total. The Morgan fingerprint density at radius 1 is 1.24 bits per heavy atom. The summed E-state index contributed by atoms with van der Waals surface area (Å²) < 4.78 is 0. The summed E-state index contributed by atoms with van der Waals surface area (Å²) in [6.07, 6.45) is 4.20. The Morgan fingerprint density at radius 2 is 2.08 bits per heavy atom. The van der Waals surface area contributed by atoms with E-state index >= 15 is 0 Å². The van der Waals surface area contributed by atoms with Crippen LogP contribution in [0.5, 0.6) is 0 Å². The van der Waals surface area contributed by atoms with E-state index in [4.69, 9.17) is 5.26 Å². The predicted molar refractivity (Wildman–Crippen MR) is 95.5 cm³/mol. The van der Waals surface area contributed by atoms with Crippen LogP contribution in [-0.2, 0) is 0 Å². The van der Waals surface area contributed by atoms with Crippen molar-refractivity contribution in [3.63, 3.8) is 0 Å². The average molecular weight is 336 g/mol. The normalized spacial score (nSPS) is 13.3. The van der Waals surface area contributed by atoms with Crippen molar-refractivity contribution in [3.8, 4) is 6.07 Å². The number of hydrogen-bond acceptors (Lipinski definition) is 6. The van der Waals surface area contributed by atoms with Crippen LogP contribution in [0.15, 0.2) is 36.5 Å². The summed E-state index contributed by atoms with van der Waals surface area (Å²) in [5.74, 6) is 0.501. The Kier molecular flexibility index (Phi) is 5.42. The Morgan fingerprint density at radius 3 is 2.88 bits per heavy atom. The molecule has 1 saturated heterocycles. The van der Waals surface area contributed by atoms with Crippen LogP contribution < -0.4 is 15.5 Å². The minimum atomic E-state index is -0.198. The summed E-state index contributed by atoms with van der Waals surface area (Å²) in [5.41, 5.74) is 2.03. The number of carbonyl (C=O) groups excluding carboxylic acids is 1. The second-order valence-electron chi connectivity index (χ2n) is 5.87. The number of nitriles is 1. The number of nitrogens with one attached hydrogen (secondary N) is 2. The molecule has 0 unspecified atom stereocenters. The minimum Gasteiger partial charge on any atom is -0.370 e. The van der Waals surface area contributed by atoms with Crippen molar-refractivity contribution in [2.45, 2.75) is 12.8 Å². The quantitative estimate of drug-likeness (QED) is 0.781. The molecule has 7 heteroatoms. The molecule has 3 rings (SSSR count). The third-order valence-electron chi connectivity index (χ3n) is 4.08. The molecule has 1 aromatic heterocycles. The van der Waals surface area contributed by atoms with Crippen LogP contribution in [0, 0.1) is 11.3 Å². The fraction of sp³-hybridized carbons (Fsp3) is 0.333. The highest BCUT2D eigenvalue weighted by Crippen LogP contribution is 2.20. The molecule has 0 aliphatic carbocycles. The van der Waals surface area contributed by atoms with Gasteiger partial charge in [-0.15, -0.1) is 5.10 Å². The van der Waals surface area contributed by atoms with Gasteiger partial charge in [0.25, 0.3) is 5.91 Å². The zero-order valence-corrected chi connectivity index (χ0v) is 13.9. The van der Waals surface area contributed by atoms with Gasteiger partial charge in [-0.1, -0.05) is 6.07 Å². The monoisotopic (exact) mass is 336 g/mol. The molecule has 1 fully saturated rings. The van der Waals surface area contributed by atoms with E-state index in [-0.39, 0.29) is 5.91 Å². The molecule has 7 nitrogen and oxygen atoms in total. The van der Waals surface area contributed by atoms with Gasteiger partial charge in [-0.2, -0.15) is 10.4 Å². The maximum absolute atomic E-state index is 12.1. The molecular formula is C18H20N6O. The minimum absolute atomic E-state index is 0.198. The van der Waals surface area contributed by atoms with Crippen LogP contribution in [0.1, 0.15) is 28.8 Å². The number of hydrogen-bond donors (Lipinski definition) is 2. The number of rotatable bonds is 6. The van der Waals surface area contributed by atoms with Gasteiger partial charge in [-0.05, 0) is 31.0 Å². The van der Waals surface area contributed by atoms with Gasteiger partial charge in [0.15, 0.2) is 5.82 Å². The Hall–Kier alpha value is -3.14. The summed E-state index contributed by atoms with van der Waals surface area (Å²) in [7, 11) is 0. The Labute approximate surface area is 146 Å². The molecule has 25 heavy (non-hydrogen) atoms. The number of aromatic nitrogens is 2. The van der Waals surface area contributed by atoms with Crippen molar-refractivity contribution >= 4 is 17.4 Å². The first kappa shape index (κ1) is 16.7. The van der Waals surface area contributed by atoms with Gasteiger partial charge in [-0.25, -0.2) is 0 Å². The van der Waals surface area contributed by atoms with Gasteiger partial charge in [0, 0.05) is 37.8 Å². The van der Waals surface area contributed by atoms with Gasteiger partial charge >= 0.3 is 0 Å². The zero-order chi connectivity index (χ0) is 17.5. The number of nitrogens with zero attached hydrogens (tertiary/aromatic N) is 4. The summed E-state index contributed by atoms with van der Waals surface area (Å²) in [4.78, 5) is 14.4. The average Bonchev–Trinajstić information content (AvgIpc) is 3.20. The molecule has 0 atom stereocenters. The molecule has 0 radical (unpaired) electrons. The molecule has 128 valence electrons. The molecule has 0 spiro atoms.